The highest BCUT2D eigenvalue weighted by Crippen LogP contribution is 2.32. The van der Waals surface area contributed by atoms with Crippen molar-refractivity contribution in [2.45, 2.75) is 0 Å². The van der Waals surface area contributed by atoms with Crippen LogP contribution >= 0.6 is 15.9 Å². The lowest BCUT2D eigenvalue weighted by Crippen LogP contribution is -2.00. The lowest BCUT2D eigenvalue weighted by molar-refractivity contribution is 0.112. The number of rotatable bonds is 3. The molecule has 0 atom stereocenters. The minimum Gasteiger partial charge on any atom is -0.298 e. The van der Waals surface area contributed by atoms with E-state index in [9.17, 15) is 18.0 Å². The molecule has 0 spiro atoms. The average Bonchev–Trinajstić information content (AvgIpc) is 2.84. The summed E-state index contributed by atoms with van der Waals surface area (Å²) in [5.41, 5.74) is 0.0759. The van der Waals surface area contributed by atoms with Crippen molar-refractivity contribution in [2.24, 2.45) is 0 Å². The maximum atomic E-state index is 14.0. The fourth-order valence-corrected chi connectivity index (χ4v) is 2.73. The highest BCUT2D eigenvalue weighted by Gasteiger charge is 2.21. The second kappa shape index (κ2) is 6.00. The van der Waals surface area contributed by atoms with E-state index in [1.165, 1.54) is 24.3 Å². The fraction of sp³-hybridized carbons (Fsp3) is 0. The Hall–Kier alpha value is -2.41. The summed E-state index contributed by atoms with van der Waals surface area (Å²) in [6, 6.07) is 8.75. The molecule has 0 saturated heterocycles. The third kappa shape index (κ3) is 2.68. The van der Waals surface area contributed by atoms with Crippen LogP contribution in [0.25, 0.3) is 16.9 Å². The molecule has 116 valence electrons. The molecule has 0 amide bonds. The summed E-state index contributed by atoms with van der Waals surface area (Å²) in [5.74, 6) is -2.16. The number of para-hydroxylation sites is 1. The molecule has 0 aliphatic carbocycles. The van der Waals surface area contributed by atoms with Crippen LogP contribution < -0.4 is 0 Å². The van der Waals surface area contributed by atoms with Gasteiger partial charge in [-0.25, -0.2) is 17.9 Å². The van der Waals surface area contributed by atoms with Gasteiger partial charge in [0, 0.05) is 11.6 Å². The minimum atomic E-state index is -0.862. The summed E-state index contributed by atoms with van der Waals surface area (Å²) in [6.07, 6.45) is 0.479. The molecule has 0 aliphatic rings. The molecule has 0 fully saturated rings. The Bertz CT molecular complexity index is 908. The molecule has 0 saturated carbocycles. The van der Waals surface area contributed by atoms with Gasteiger partial charge < -0.3 is 0 Å². The van der Waals surface area contributed by atoms with Crippen molar-refractivity contribution in [1.29, 1.82) is 0 Å². The van der Waals surface area contributed by atoms with Gasteiger partial charge in [0.15, 0.2) is 6.29 Å². The number of aromatic nitrogens is 2. The van der Waals surface area contributed by atoms with Crippen LogP contribution in [0.3, 0.4) is 0 Å². The maximum Gasteiger partial charge on any atom is 0.155 e. The molecule has 1 heterocycles. The molecule has 2 aromatic carbocycles. The molecule has 1 aromatic heterocycles. The molecule has 0 radical (unpaired) electrons. The van der Waals surface area contributed by atoms with E-state index >= 15 is 0 Å². The number of hydrogen-bond donors (Lipinski definition) is 0. The number of hydrogen-bond acceptors (Lipinski definition) is 2. The standard InChI is InChI=1S/C16H8BrF3N2O/c17-16-11(8-23)15(10-6-5-9(18)7-13(10)20)21-22(16)14-4-2-1-3-12(14)19/h1-8H. The van der Waals surface area contributed by atoms with Crippen molar-refractivity contribution in [1.82, 2.24) is 9.78 Å². The van der Waals surface area contributed by atoms with Gasteiger partial charge >= 0.3 is 0 Å². The molecule has 0 aliphatic heterocycles. The van der Waals surface area contributed by atoms with Gasteiger partial charge in [0.25, 0.3) is 0 Å². The molecule has 23 heavy (non-hydrogen) atoms. The quantitative estimate of drug-likeness (QED) is 0.625. The zero-order valence-corrected chi connectivity index (χ0v) is 13.0. The van der Waals surface area contributed by atoms with E-state index < -0.39 is 17.5 Å². The Balaban J connectivity index is 2.26. The first-order valence-electron chi connectivity index (χ1n) is 6.47. The van der Waals surface area contributed by atoms with Crippen molar-refractivity contribution in [3.8, 4) is 16.9 Å². The van der Waals surface area contributed by atoms with E-state index in [4.69, 9.17) is 0 Å². The van der Waals surface area contributed by atoms with Crippen LogP contribution in [0, 0.1) is 17.5 Å². The van der Waals surface area contributed by atoms with Gasteiger partial charge in [-0.05, 0) is 40.2 Å². The van der Waals surface area contributed by atoms with Gasteiger partial charge in [-0.2, -0.15) is 5.10 Å². The van der Waals surface area contributed by atoms with Crippen LogP contribution in [0.5, 0.6) is 0 Å². The minimum absolute atomic E-state index is 0.00683. The highest BCUT2D eigenvalue weighted by atomic mass is 79.9. The van der Waals surface area contributed by atoms with Crippen molar-refractivity contribution in [2.75, 3.05) is 0 Å². The van der Waals surface area contributed by atoms with E-state index in [1.54, 1.807) is 6.07 Å². The summed E-state index contributed by atoms with van der Waals surface area (Å²) < 4.78 is 42.3. The van der Waals surface area contributed by atoms with Crippen molar-refractivity contribution in [3.63, 3.8) is 0 Å². The Labute approximate surface area is 137 Å². The third-order valence-electron chi connectivity index (χ3n) is 3.25. The number of nitrogens with zero attached hydrogens (tertiary/aromatic N) is 2. The van der Waals surface area contributed by atoms with E-state index in [2.05, 4.69) is 21.0 Å². The first-order valence-corrected chi connectivity index (χ1v) is 7.26. The van der Waals surface area contributed by atoms with E-state index in [0.29, 0.717) is 12.4 Å². The Morgan fingerprint density at radius 3 is 2.43 bits per heavy atom. The Kier molecular flexibility index (Phi) is 4.04. The maximum absolute atomic E-state index is 14.0. The lowest BCUT2D eigenvalue weighted by Gasteiger charge is -2.04. The first kappa shape index (κ1) is 15.5. The molecular weight excluding hydrogens is 373 g/mol. The van der Waals surface area contributed by atoms with Gasteiger partial charge in [-0.1, -0.05) is 12.1 Å². The number of carbonyl (C=O) groups is 1. The second-order valence-electron chi connectivity index (χ2n) is 4.66. The number of benzene rings is 2. The van der Waals surface area contributed by atoms with E-state index in [1.807, 2.05) is 0 Å². The van der Waals surface area contributed by atoms with Gasteiger partial charge in [0.05, 0.1) is 5.56 Å². The largest absolute Gasteiger partial charge is 0.298 e. The topological polar surface area (TPSA) is 34.9 Å². The molecule has 3 nitrogen and oxygen atoms in total. The second-order valence-corrected chi connectivity index (χ2v) is 5.41. The highest BCUT2D eigenvalue weighted by molar-refractivity contribution is 9.10. The Morgan fingerprint density at radius 2 is 1.78 bits per heavy atom. The summed E-state index contributed by atoms with van der Waals surface area (Å²) >= 11 is 3.18. The third-order valence-corrected chi connectivity index (χ3v) is 4.01. The molecule has 3 aromatic rings. The summed E-state index contributed by atoms with van der Waals surface area (Å²) in [4.78, 5) is 11.4. The van der Waals surface area contributed by atoms with Gasteiger partial charge in [0.1, 0.15) is 33.4 Å². The van der Waals surface area contributed by atoms with Crippen LogP contribution in [0.2, 0.25) is 0 Å². The summed E-state index contributed by atoms with van der Waals surface area (Å²) in [6.45, 7) is 0. The predicted molar refractivity (Wildman–Crippen MR) is 82.0 cm³/mol. The molecule has 0 N–H and O–H groups in total. The zero-order valence-electron chi connectivity index (χ0n) is 11.4. The van der Waals surface area contributed by atoms with Gasteiger partial charge in [-0.15, -0.1) is 0 Å². The molecule has 3 rings (SSSR count). The number of halogens is 4. The number of carbonyl (C=O) groups excluding carboxylic acids is 1. The van der Waals surface area contributed by atoms with Gasteiger partial charge in [0.2, 0.25) is 0 Å². The fourth-order valence-electron chi connectivity index (χ4n) is 2.18. The van der Waals surface area contributed by atoms with Crippen molar-refractivity contribution in [3.05, 3.63) is 70.1 Å². The van der Waals surface area contributed by atoms with E-state index in [0.717, 1.165) is 10.7 Å². The molecular formula is C16H8BrF3N2O. The monoisotopic (exact) mass is 380 g/mol. The lowest BCUT2D eigenvalue weighted by atomic mass is 10.1. The van der Waals surface area contributed by atoms with Crippen LogP contribution in [-0.4, -0.2) is 16.1 Å². The zero-order chi connectivity index (χ0) is 16.6. The van der Waals surface area contributed by atoms with Gasteiger partial charge in [-0.3, -0.25) is 4.79 Å². The smallest absolute Gasteiger partial charge is 0.155 e. The summed E-state index contributed by atoms with van der Waals surface area (Å²) in [5, 5.41) is 4.11. The van der Waals surface area contributed by atoms with Crippen molar-refractivity contribution >= 4 is 22.2 Å². The van der Waals surface area contributed by atoms with Crippen LogP contribution in [0.1, 0.15) is 10.4 Å². The molecule has 0 unspecified atom stereocenters. The van der Waals surface area contributed by atoms with Crippen LogP contribution in [0.4, 0.5) is 13.2 Å². The number of aldehydes is 1. The normalized spacial score (nSPS) is 10.8. The van der Waals surface area contributed by atoms with Crippen LogP contribution in [-0.2, 0) is 0 Å². The van der Waals surface area contributed by atoms with Crippen LogP contribution in [0.15, 0.2) is 47.1 Å². The molecule has 7 heteroatoms. The van der Waals surface area contributed by atoms with Crippen molar-refractivity contribution < 1.29 is 18.0 Å². The average molecular weight is 381 g/mol. The molecule has 0 bridgehead atoms. The Morgan fingerprint density at radius 1 is 1.04 bits per heavy atom. The summed E-state index contributed by atoms with van der Waals surface area (Å²) in [7, 11) is 0. The predicted octanol–water partition coefficient (Wildman–Crippen LogP) is 4.53. The first-order chi connectivity index (χ1) is 11.0. The SMILES string of the molecule is O=Cc1c(-c2ccc(F)cc2F)nn(-c2ccccc2F)c1Br. The van der Waals surface area contributed by atoms with E-state index in [-0.39, 0.29) is 27.1 Å².